The minimum absolute atomic E-state index is 0.0715. The highest BCUT2D eigenvalue weighted by Gasteiger charge is 2.06. The maximum absolute atomic E-state index is 11.7. The van der Waals surface area contributed by atoms with Gasteiger partial charge in [0.1, 0.15) is 0 Å². The molecule has 0 aliphatic carbocycles. The average molecular weight is 304 g/mol. The molecule has 0 atom stereocenters. The molecule has 22 heavy (non-hydrogen) atoms. The molecule has 0 spiro atoms. The zero-order valence-electron chi connectivity index (χ0n) is 14.1. The van der Waals surface area contributed by atoms with Crippen molar-refractivity contribution in [2.75, 3.05) is 27.2 Å². The Balaban J connectivity index is 2.79. The molecule has 1 aromatic carbocycles. The smallest absolute Gasteiger partial charge is 0.251 e. The Morgan fingerprint density at radius 2 is 2.09 bits per heavy atom. The predicted octanol–water partition coefficient (Wildman–Crippen LogP) is 2.24. The van der Waals surface area contributed by atoms with Crippen molar-refractivity contribution < 1.29 is 4.79 Å². The van der Waals surface area contributed by atoms with Gasteiger partial charge in [0, 0.05) is 32.7 Å². The Labute approximate surface area is 133 Å². The topological polar surface area (TPSA) is 56.7 Å². The lowest BCUT2D eigenvalue weighted by atomic mass is 10.1. The number of amides is 1. The molecule has 2 N–H and O–H groups in total. The van der Waals surface area contributed by atoms with Gasteiger partial charge < -0.3 is 15.5 Å². The van der Waals surface area contributed by atoms with Gasteiger partial charge in [0.2, 0.25) is 0 Å². The summed E-state index contributed by atoms with van der Waals surface area (Å²) < 4.78 is 0. The van der Waals surface area contributed by atoms with Gasteiger partial charge in [0.25, 0.3) is 5.91 Å². The highest BCUT2D eigenvalue weighted by Crippen LogP contribution is 2.07. The van der Waals surface area contributed by atoms with Gasteiger partial charge in [0.15, 0.2) is 5.96 Å². The fourth-order valence-electron chi connectivity index (χ4n) is 2.09. The number of carbonyl (C=O) groups excluding carboxylic acids is 1. The summed E-state index contributed by atoms with van der Waals surface area (Å²) in [5.41, 5.74) is 1.69. The maximum atomic E-state index is 11.7. The second-order valence-corrected chi connectivity index (χ2v) is 5.22. The number of nitrogens with zero attached hydrogens (tertiary/aromatic N) is 2. The van der Waals surface area contributed by atoms with Crippen molar-refractivity contribution >= 4 is 11.9 Å². The number of carbonyl (C=O) groups is 1. The van der Waals surface area contributed by atoms with E-state index in [1.54, 1.807) is 7.05 Å². The lowest BCUT2D eigenvalue weighted by molar-refractivity contribution is 0.0963. The molecule has 5 heteroatoms. The molecule has 1 rings (SSSR count). The second-order valence-electron chi connectivity index (χ2n) is 5.22. The number of aliphatic imine (C=N–C) groups is 1. The molecule has 0 heterocycles. The summed E-state index contributed by atoms with van der Waals surface area (Å²) in [6, 6.07) is 7.58. The van der Waals surface area contributed by atoms with Crippen LogP contribution in [0.4, 0.5) is 0 Å². The molecule has 5 nitrogen and oxygen atoms in total. The lowest BCUT2D eigenvalue weighted by Crippen LogP contribution is -2.39. The lowest BCUT2D eigenvalue weighted by Gasteiger charge is -2.21. The summed E-state index contributed by atoms with van der Waals surface area (Å²) in [7, 11) is 3.69. The standard InChI is InChI=1S/C17H28N4O/c1-5-7-11-21(4)17(19-6-2)20-13-14-9-8-10-15(12-14)16(22)18-3/h8-10,12H,5-7,11,13H2,1-4H3,(H,18,22)(H,19,20). The van der Waals surface area contributed by atoms with Crippen molar-refractivity contribution in [3.05, 3.63) is 35.4 Å². The summed E-state index contributed by atoms with van der Waals surface area (Å²) in [5, 5.41) is 5.95. The van der Waals surface area contributed by atoms with Crippen molar-refractivity contribution in [3.63, 3.8) is 0 Å². The van der Waals surface area contributed by atoms with Crippen LogP contribution in [-0.2, 0) is 6.54 Å². The highest BCUT2D eigenvalue weighted by molar-refractivity contribution is 5.94. The van der Waals surface area contributed by atoms with Crippen LogP contribution in [0.1, 0.15) is 42.6 Å². The molecule has 0 aliphatic heterocycles. The van der Waals surface area contributed by atoms with Crippen LogP contribution >= 0.6 is 0 Å². The third kappa shape index (κ3) is 5.76. The van der Waals surface area contributed by atoms with Crippen molar-refractivity contribution in [2.45, 2.75) is 33.2 Å². The third-order valence-corrected chi connectivity index (χ3v) is 3.37. The molecule has 0 aromatic heterocycles. The summed E-state index contributed by atoms with van der Waals surface area (Å²) in [5.74, 6) is 0.832. The van der Waals surface area contributed by atoms with Gasteiger partial charge >= 0.3 is 0 Å². The van der Waals surface area contributed by atoms with Crippen LogP contribution in [-0.4, -0.2) is 44.0 Å². The average Bonchev–Trinajstić information content (AvgIpc) is 2.55. The van der Waals surface area contributed by atoms with E-state index in [2.05, 4.69) is 41.4 Å². The first-order valence-corrected chi connectivity index (χ1v) is 7.92. The zero-order chi connectivity index (χ0) is 16.4. The molecule has 1 amide bonds. The van der Waals surface area contributed by atoms with Crippen LogP contribution in [0.25, 0.3) is 0 Å². The van der Waals surface area contributed by atoms with Gasteiger partial charge in [-0.25, -0.2) is 4.99 Å². The van der Waals surface area contributed by atoms with Crippen LogP contribution < -0.4 is 10.6 Å². The van der Waals surface area contributed by atoms with Crippen molar-refractivity contribution in [1.29, 1.82) is 0 Å². The summed E-state index contributed by atoms with van der Waals surface area (Å²) in [6.45, 7) is 6.63. The Morgan fingerprint density at radius 3 is 2.73 bits per heavy atom. The molecule has 0 radical (unpaired) electrons. The molecule has 0 unspecified atom stereocenters. The molecule has 0 saturated heterocycles. The van der Waals surface area contributed by atoms with Crippen LogP contribution in [0.3, 0.4) is 0 Å². The Bertz CT molecular complexity index is 499. The Kier molecular flexibility index (Phi) is 8.04. The van der Waals surface area contributed by atoms with Crippen LogP contribution in [0, 0.1) is 0 Å². The monoisotopic (exact) mass is 304 g/mol. The molecular weight excluding hydrogens is 276 g/mol. The van der Waals surface area contributed by atoms with E-state index in [0.717, 1.165) is 37.5 Å². The van der Waals surface area contributed by atoms with Gasteiger partial charge in [-0.2, -0.15) is 0 Å². The van der Waals surface area contributed by atoms with Crippen molar-refractivity contribution in [2.24, 2.45) is 4.99 Å². The number of hydrogen-bond donors (Lipinski definition) is 2. The van der Waals surface area contributed by atoms with Gasteiger partial charge in [-0.05, 0) is 31.0 Å². The minimum Gasteiger partial charge on any atom is -0.357 e. The summed E-state index contributed by atoms with van der Waals surface area (Å²) >= 11 is 0. The largest absolute Gasteiger partial charge is 0.357 e. The third-order valence-electron chi connectivity index (χ3n) is 3.37. The first kappa shape index (κ1) is 18.0. The molecule has 1 aromatic rings. The van der Waals surface area contributed by atoms with Crippen LogP contribution in [0.2, 0.25) is 0 Å². The number of hydrogen-bond acceptors (Lipinski definition) is 2. The molecule has 0 saturated carbocycles. The van der Waals surface area contributed by atoms with Crippen LogP contribution in [0.15, 0.2) is 29.3 Å². The van der Waals surface area contributed by atoms with E-state index in [1.807, 2.05) is 24.3 Å². The number of unbranched alkanes of at least 4 members (excludes halogenated alkanes) is 1. The quantitative estimate of drug-likeness (QED) is 0.600. The first-order valence-electron chi connectivity index (χ1n) is 7.92. The van der Waals surface area contributed by atoms with Crippen molar-refractivity contribution in [1.82, 2.24) is 15.5 Å². The highest BCUT2D eigenvalue weighted by atomic mass is 16.1. The minimum atomic E-state index is -0.0715. The van der Waals surface area contributed by atoms with E-state index in [1.165, 1.54) is 0 Å². The van der Waals surface area contributed by atoms with Gasteiger partial charge in [-0.15, -0.1) is 0 Å². The molecule has 0 aliphatic rings. The van der Waals surface area contributed by atoms with Crippen LogP contribution in [0.5, 0.6) is 0 Å². The number of guanidine groups is 1. The normalized spacial score (nSPS) is 11.2. The molecule has 0 fully saturated rings. The molecular formula is C17H28N4O. The number of benzene rings is 1. The predicted molar refractivity (Wildman–Crippen MR) is 92.2 cm³/mol. The van der Waals surface area contributed by atoms with Gasteiger partial charge in [-0.1, -0.05) is 25.5 Å². The van der Waals surface area contributed by atoms with Crippen molar-refractivity contribution in [3.8, 4) is 0 Å². The summed E-state index contributed by atoms with van der Waals surface area (Å²) in [4.78, 5) is 18.5. The van der Waals surface area contributed by atoms with Gasteiger partial charge in [0.05, 0.1) is 6.54 Å². The fraction of sp³-hybridized carbons (Fsp3) is 0.529. The number of nitrogens with one attached hydrogen (secondary N) is 2. The second kappa shape index (κ2) is 9.82. The number of rotatable bonds is 7. The van der Waals surface area contributed by atoms with E-state index >= 15 is 0 Å². The van der Waals surface area contributed by atoms with E-state index in [4.69, 9.17) is 0 Å². The maximum Gasteiger partial charge on any atom is 0.251 e. The fourth-order valence-corrected chi connectivity index (χ4v) is 2.09. The summed E-state index contributed by atoms with van der Waals surface area (Å²) in [6.07, 6.45) is 2.31. The van der Waals surface area contributed by atoms with E-state index in [0.29, 0.717) is 12.1 Å². The SMILES string of the molecule is CCCCN(C)C(=NCc1cccc(C(=O)NC)c1)NCC. The Morgan fingerprint density at radius 1 is 1.32 bits per heavy atom. The van der Waals surface area contributed by atoms with E-state index < -0.39 is 0 Å². The Hall–Kier alpha value is -2.04. The molecule has 0 bridgehead atoms. The van der Waals surface area contributed by atoms with E-state index in [-0.39, 0.29) is 5.91 Å². The van der Waals surface area contributed by atoms with E-state index in [9.17, 15) is 4.79 Å². The first-order chi connectivity index (χ1) is 10.6. The van der Waals surface area contributed by atoms with Gasteiger partial charge in [-0.3, -0.25) is 4.79 Å². The molecule has 122 valence electrons. The zero-order valence-corrected chi connectivity index (χ0v) is 14.1.